The molecule has 12 nitrogen and oxygen atoms in total. The van der Waals surface area contributed by atoms with Crippen LogP contribution in [-0.2, 0) is 33.8 Å². The summed E-state index contributed by atoms with van der Waals surface area (Å²) < 4.78 is 10.7. The number of aryl methyl sites for hydroxylation is 2. The Balaban J connectivity index is 1.52. The molecule has 0 bridgehead atoms. The number of aromatic nitrogens is 2. The van der Waals surface area contributed by atoms with Crippen molar-refractivity contribution in [3.05, 3.63) is 65.0 Å². The van der Waals surface area contributed by atoms with Crippen LogP contribution in [0, 0.1) is 6.92 Å². The second kappa shape index (κ2) is 14.8. The van der Waals surface area contributed by atoms with E-state index in [0.29, 0.717) is 31.2 Å². The zero-order valence-electron chi connectivity index (χ0n) is 28.3. The van der Waals surface area contributed by atoms with E-state index in [9.17, 15) is 14.4 Å². The number of benzene rings is 2. The Labute approximate surface area is 271 Å². The molecule has 0 unspecified atom stereocenters. The van der Waals surface area contributed by atoms with Crippen molar-refractivity contribution in [1.29, 1.82) is 0 Å². The number of ether oxygens (including phenoxy) is 1. The number of fused-ring (bicyclic) bond motifs is 1. The molecule has 4 rings (SSSR count). The van der Waals surface area contributed by atoms with Gasteiger partial charge in [-0.05, 0) is 63.8 Å². The normalized spacial score (nSPS) is 13.0. The van der Waals surface area contributed by atoms with Gasteiger partial charge in [-0.2, -0.15) is 4.98 Å². The Morgan fingerprint density at radius 2 is 1.74 bits per heavy atom. The number of hydrogen-bond donors (Lipinski definition) is 1. The number of anilines is 1. The quantitative estimate of drug-likeness (QED) is 0.306. The Morgan fingerprint density at radius 3 is 2.30 bits per heavy atom. The molecule has 1 aliphatic heterocycles. The van der Waals surface area contributed by atoms with Crippen molar-refractivity contribution in [2.75, 3.05) is 38.1 Å². The lowest BCUT2D eigenvalue weighted by Crippen LogP contribution is -2.49. The van der Waals surface area contributed by atoms with Gasteiger partial charge in [-0.15, -0.1) is 0 Å². The SMILES string of the molecule is CCc1ccc(-c2noc(C)n2)cc1N(CC(=O)NCCN(C(=O)OC(C)(C)C)C(C)C)CC(=O)N(C)N1Cc2ccccc2C1. The lowest BCUT2D eigenvalue weighted by atomic mass is 10.0. The van der Waals surface area contributed by atoms with Crippen molar-refractivity contribution in [3.63, 3.8) is 0 Å². The maximum atomic E-state index is 13.8. The van der Waals surface area contributed by atoms with Gasteiger partial charge in [0.15, 0.2) is 0 Å². The number of hydrazine groups is 1. The summed E-state index contributed by atoms with van der Waals surface area (Å²) in [4.78, 5) is 47.7. The third-order valence-corrected chi connectivity index (χ3v) is 7.79. The van der Waals surface area contributed by atoms with Crippen LogP contribution in [0.2, 0.25) is 0 Å². The van der Waals surface area contributed by atoms with Crippen molar-refractivity contribution in [2.24, 2.45) is 0 Å². The van der Waals surface area contributed by atoms with Crippen LogP contribution in [0.4, 0.5) is 10.5 Å². The van der Waals surface area contributed by atoms with E-state index in [0.717, 1.165) is 16.8 Å². The highest BCUT2D eigenvalue weighted by Crippen LogP contribution is 2.29. The Hall–Kier alpha value is -4.45. The first kappa shape index (κ1) is 34.4. The van der Waals surface area contributed by atoms with Gasteiger partial charge in [0.25, 0.3) is 5.91 Å². The summed E-state index contributed by atoms with van der Waals surface area (Å²) >= 11 is 0. The molecule has 46 heavy (non-hydrogen) atoms. The fourth-order valence-electron chi connectivity index (χ4n) is 5.32. The highest BCUT2D eigenvalue weighted by atomic mass is 16.6. The van der Waals surface area contributed by atoms with E-state index in [2.05, 4.69) is 27.6 Å². The van der Waals surface area contributed by atoms with Crippen molar-refractivity contribution in [3.8, 4) is 11.4 Å². The van der Waals surface area contributed by atoms with Crippen LogP contribution in [0.5, 0.6) is 0 Å². The first-order valence-electron chi connectivity index (χ1n) is 15.8. The standard InChI is InChI=1S/C34H47N7O5/c1-9-25-14-15-26(32-36-24(4)46-37-32)18-29(25)39(22-31(43)38(8)40-19-27-12-10-11-13-28(27)20-40)21-30(42)35-16-17-41(23(2)3)33(44)45-34(5,6)7/h10-15,18,23H,9,16-17,19-22H2,1-8H3,(H,35,42). The highest BCUT2D eigenvalue weighted by molar-refractivity contribution is 5.87. The van der Waals surface area contributed by atoms with E-state index < -0.39 is 11.7 Å². The summed E-state index contributed by atoms with van der Waals surface area (Å²) in [7, 11) is 1.77. The van der Waals surface area contributed by atoms with Crippen LogP contribution in [0.1, 0.15) is 64.1 Å². The fraction of sp³-hybridized carbons (Fsp3) is 0.500. The molecule has 0 atom stereocenters. The zero-order valence-corrected chi connectivity index (χ0v) is 28.3. The smallest absolute Gasteiger partial charge is 0.410 e. The molecular weight excluding hydrogens is 586 g/mol. The molecule has 2 aromatic carbocycles. The second-order valence-electron chi connectivity index (χ2n) is 12.8. The minimum Gasteiger partial charge on any atom is -0.444 e. The van der Waals surface area contributed by atoms with Gasteiger partial charge in [0.05, 0.1) is 13.1 Å². The molecule has 0 saturated carbocycles. The van der Waals surface area contributed by atoms with Crippen molar-refractivity contribution in [1.82, 2.24) is 30.4 Å². The number of hydrogen-bond acceptors (Lipinski definition) is 9. The first-order valence-corrected chi connectivity index (χ1v) is 15.8. The van der Waals surface area contributed by atoms with E-state index in [4.69, 9.17) is 9.26 Å². The summed E-state index contributed by atoms with van der Waals surface area (Å²) in [6.45, 7) is 14.7. The summed E-state index contributed by atoms with van der Waals surface area (Å²) in [6.07, 6.45) is 0.251. The van der Waals surface area contributed by atoms with E-state index in [1.807, 2.05) is 76.9 Å². The van der Waals surface area contributed by atoms with E-state index in [-0.39, 0.29) is 44.0 Å². The summed E-state index contributed by atoms with van der Waals surface area (Å²) in [5, 5.41) is 10.6. The van der Waals surface area contributed by atoms with Gasteiger partial charge in [-0.25, -0.2) is 9.80 Å². The molecule has 1 N–H and O–H groups in total. The van der Waals surface area contributed by atoms with Gasteiger partial charge in [0.2, 0.25) is 17.6 Å². The van der Waals surface area contributed by atoms with Crippen molar-refractivity contribution in [2.45, 2.75) is 79.6 Å². The number of carbonyl (C=O) groups excluding carboxylic acids is 3. The summed E-state index contributed by atoms with van der Waals surface area (Å²) in [5.74, 6) is 0.441. The van der Waals surface area contributed by atoms with Crippen LogP contribution >= 0.6 is 0 Å². The predicted molar refractivity (Wildman–Crippen MR) is 176 cm³/mol. The Kier molecular flexibility index (Phi) is 11.0. The lowest BCUT2D eigenvalue weighted by Gasteiger charge is -2.32. The monoisotopic (exact) mass is 633 g/mol. The van der Waals surface area contributed by atoms with E-state index in [1.54, 1.807) is 28.8 Å². The minimum atomic E-state index is -0.628. The average molecular weight is 634 g/mol. The van der Waals surface area contributed by atoms with Crippen LogP contribution in [-0.4, -0.2) is 87.8 Å². The molecular formula is C34H47N7O5. The molecule has 3 aromatic rings. The molecule has 0 spiro atoms. The number of rotatable bonds is 12. The van der Waals surface area contributed by atoms with Gasteiger partial charge in [-0.3, -0.25) is 14.6 Å². The Morgan fingerprint density at radius 1 is 1.07 bits per heavy atom. The third-order valence-electron chi connectivity index (χ3n) is 7.79. The zero-order chi connectivity index (χ0) is 33.6. The maximum absolute atomic E-state index is 13.8. The van der Waals surface area contributed by atoms with E-state index >= 15 is 0 Å². The topological polar surface area (TPSA) is 124 Å². The number of nitrogens with one attached hydrogen (secondary N) is 1. The average Bonchev–Trinajstić information content (AvgIpc) is 3.63. The van der Waals surface area contributed by atoms with Crippen LogP contribution in [0.3, 0.4) is 0 Å². The highest BCUT2D eigenvalue weighted by Gasteiger charge is 2.28. The Bertz CT molecular complexity index is 1510. The molecule has 2 heterocycles. The molecule has 0 fully saturated rings. The van der Waals surface area contributed by atoms with Crippen LogP contribution in [0.15, 0.2) is 47.0 Å². The number of carbonyl (C=O) groups is 3. The summed E-state index contributed by atoms with van der Waals surface area (Å²) in [5.41, 5.74) is 4.18. The number of nitrogens with zero attached hydrogens (tertiary/aromatic N) is 6. The molecule has 1 aromatic heterocycles. The molecule has 248 valence electrons. The molecule has 0 saturated heterocycles. The summed E-state index contributed by atoms with van der Waals surface area (Å²) in [6, 6.07) is 13.8. The van der Waals surface area contributed by atoms with Gasteiger partial charge in [0, 0.05) is 57.4 Å². The molecule has 12 heteroatoms. The van der Waals surface area contributed by atoms with Gasteiger partial charge < -0.3 is 24.4 Å². The molecule has 3 amide bonds. The number of likely N-dealkylation sites (N-methyl/N-ethyl adjacent to an activating group) is 1. The maximum Gasteiger partial charge on any atom is 0.410 e. The van der Waals surface area contributed by atoms with Gasteiger partial charge >= 0.3 is 6.09 Å². The van der Waals surface area contributed by atoms with Gasteiger partial charge in [0.1, 0.15) is 5.60 Å². The third kappa shape index (κ3) is 8.84. The minimum absolute atomic E-state index is 0.0332. The molecule has 0 aliphatic carbocycles. The largest absolute Gasteiger partial charge is 0.444 e. The number of amides is 3. The second-order valence-corrected chi connectivity index (χ2v) is 12.8. The molecule has 0 radical (unpaired) electrons. The predicted octanol–water partition coefficient (Wildman–Crippen LogP) is 4.56. The lowest BCUT2D eigenvalue weighted by molar-refractivity contribution is -0.145. The van der Waals surface area contributed by atoms with Crippen LogP contribution < -0.4 is 10.2 Å². The molecule has 1 aliphatic rings. The van der Waals surface area contributed by atoms with E-state index in [1.165, 1.54) is 11.1 Å². The van der Waals surface area contributed by atoms with Crippen LogP contribution in [0.25, 0.3) is 11.4 Å². The van der Waals surface area contributed by atoms with Crippen molar-refractivity contribution < 1.29 is 23.6 Å². The fourth-order valence-corrected chi connectivity index (χ4v) is 5.32. The first-order chi connectivity index (χ1) is 21.8. The van der Waals surface area contributed by atoms with Crippen molar-refractivity contribution >= 4 is 23.6 Å². The van der Waals surface area contributed by atoms with Gasteiger partial charge in [-0.1, -0.05) is 48.5 Å².